The first kappa shape index (κ1) is 21.3. The van der Waals surface area contributed by atoms with Crippen molar-refractivity contribution in [2.75, 3.05) is 39.3 Å². The molecule has 4 aliphatic heterocycles. The fourth-order valence-corrected chi connectivity index (χ4v) is 5.25. The lowest BCUT2D eigenvalue weighted by molar-refractivity contribution is 0.0000119. The Hall–Kier alpha value is -2.58. The van der Waals surface area contributed by atoms with Gasteiger partial charge in [0.1, 0.15) is 5.76 Å². The van der Waals surface area contributed by atoms with Crippen molar-refractivity contribution in [3.05, 3.63) is 47.3 Å². The lowest BCUT2D eigenvalue weighted by Gasteiger charge is -2.50. The number of piperidine rings is 2. The average Bonchev–Trinajstić information content (AvgIpc) is 3.38. The standard InChI is InChI=1S/2C12H16N2O2/c1-8-3-5-16-11(8)12(15)14-7-9-6-13-4-2-10(9)14;1-8-2-3-11(16-8)12(15)14-5-4-10-9(7-14)6-13-10/h3,5,9-10,13H,2,4,6-7H2,1H3;2-3,9-10,13H,4-7H2,1H3. The molecule has 4 atom stereocenters. The van der Waals surface area contributed by atoms with Gasteiger partial charge in [-0.15, -0.1) is 0 Å². The predicted octanol–water partition coefficient (Wildman–Crippen LogP) is 2.04. The molecule has 2 aromatic heterocycles. The fourth-order valence-electron chi connectivity index (χ4n) is 5.25. The van der Waals surface area contributed by atoms with Gasteiger partial charge in [-0.3, -0.25) is 9.59 Å². The van der Waals surface area contributed by atoms with Crippen LogP contribution in [0.3, 0.4) is 0 Å². The zero-order valence-corrected chi connectivity index (χ0v) is 18.8. The molecule has 2 N–H and O–H groups in total. The maximum absolute atomic E-state index is 12.2. The molecule has 4 fully saturated rings. The Bertz CT molecular complexity index is 982. The second-order valence-corrected chi connectivity index (χ2v) is 9.44. The highest BCUT2D eigenvalue weighted by Crippen LogP contribution is 2.31. The van der Waals surface area contributed by atoms with E-state index < -0.39 is 0 Å². The second-order valence-electron chi connectivity index (χ2n) is 9.44. The van der Waals surface area contributed by atoms with E-state index >= 15 is 0 Å². The Balaban J connectivity index is 0.000000135. The zero-order valence-electron chi connectivity index (χ0n) is 18.8. The van der Waals surface area contributed by atoms with Crippen LogP contribution >= 0.6 is 0 Å². The number of likely N-dealkylation sites (tertiary alicyclic amines) is 2. The average molecular weight is 441 g/mol. The van der Waals surface area contributed by atoms with Crippen LogP contribution in [-0.4, -0.2) is 73.0 Å². The number of furan rings is 2. The number of hydrogen-bond acceptors (Lipinski definition) is 6. The molecule has 0 spiro atoms. The van der Waals surface area contributed by atoms with Crippen LogP contribution in [0.4, 0.5) is 0 Å². The molecule has 0 aliphatic carbocycles. The van der Waals surface area contributed by atoms with Crippen molar-refractivity contribution in [2.45, 2.75) is 38.8 Å². The van der Waals surface area contributed by atoms with E-state index in [1.165, 1.54) is 0 Å². The smallest absolute Gasteiger partial charge is 0.290 e. The quantitative estimate of drug-likeness (QED) is 0.743. The Morgan fingerprint density at radius 1 is 1.03 bits per heavy atom. The number of rotatable bonds is 2. The third kappa shape index (κ3) is 3.97. The highest BCUT2D eigenvalue weighted by atomic mass is 16.4. The van der Waals surface area contributed by atoms with E-state index in [9.17, 15) is 9.59 Å². The van der Waals surface area contributed by atoms with Crippen LogP contribution in [0.2, 0.25) is 0 Å². The maximum atomic E-state index is 12.2. The number of hydrogen-bond donors (Lipinski definition) is 2. The summed E-state index contributed by atoms with van der Waals surface area (Å²) in [6.45, 7) is 9.47. The number of carbonyl (C=O) groups is 2. The largest absolute Gasteiger partial charge is 0.459 e. The van der Waals surface area contributed by atoms with E-state index in [2.05, 4.69) is 10.6 Å². The van der Waals surface area contributed by atoms with Crippen LogP contribution in [0.15, 0.2) is 33.3 Å². The summed E-state index contributed by atoms with van der Waals surface area (Å²) in [5.74, 6) is 3.18. The van der Waals surface area contributed by atoms with E-state index in [-0.39, 0.29) is 11.8 Å². The van der Waals surface area contributed by atoms with Crippen molar-refractivity contribution in [2.24, 2.45) is 11.8 Å². The van der Waals surface area contributed by atoms with Gasteiger partial charge in [0.05, 0.1) is 6.26 Å². The van der Waals surface area contributed by atoms with Gasteiger partial charge in [-0.05, 0) is 51.4 Å². The van der Waals surface area contributed by atoms with Crippen molar-refractivity contribution in [1.82, 2.24) is 20.4 Å². The molecule has 6 rings (SSSR count). The van der Waals surface area contributed by atoms with Gasteiger partial charge in [-0.2, -0.15) is 0 Å². The molecular formula is C24H32N4O4. The second kappa shape index (κ2) is 8.75. The Morgan fingerprint density at radius 2 is 1.91 bits per heavy atom. The van der Waals surface area contributed by atoms with Gasteiger partial charge in [0.2, 0.25) is 0 Å². The third-order valence-corrected chi connectivity index (χ3v) is 7.33. The first-order valence-corrected chi connectivity index (χ1v) is 11.7. The third-order valence-electron chi connectivity index (χ3n) is 7.33. The Kier molecular flexibility index (Phi) is 5.82. The molecule has 32 heavy (non-hydrogen) atoms. The number of carbonyl (C=O) groups excluding carboxylic acids is 2. The van der Waals surface area contributed by atoms with Gasteiger partial charge in [-0.1, -0.05) is 0 Å². The molecule has 6 heterocycles. The molecule has 8 heteroatoms. The van der Waals surface area contributed by atoms with E-state index in [1.54, 1.807) is 12.3 Å². The molecule has 172 valence electrons. The molecule has 0 saturated carbocycles. The first-order valence-electron chi connectivity index (χ1n) is 11.7. The van der Waals surface area contributed by atoms with Crippen molar-refractivity contribution in [3.8, 4) is 0 Å². The Morgan fingerprint density at radius 3 is 2.53 bits per heavy atom. The van der Waals surface area contributed by atoms with Crippen LogP contribution in [-0.2, 0) is 0 Å². The SMILES string of the molecule is Cc1ccc(C(=O)N2CCC3NCC3C2)o1.Cc1ccoc1C(=O)N1CC2CNCCC21. The van der Waals surface area contributed by atoms with Crippen molar-refractivity contribution >= 4 is 11.8 Å². The van der Waals surface area contributed by atoms with Gasteiger partial charge in [0.25, 0.3) is 11.8 Å². The summed E-state index contributed by atoms with van der Waals surface area (Å²) in [7, 11) is 0. The van der Waals surface area contributed by atoms with Crippen molar-refractivity contribution < 1.29 is 18.4 Å². The molecule has 4 unspecified atom stereocenters. The van der Waals surface area contributed by atoms with Crippen LogP contribution in [0.25, 0.3) is 0 Å². The van der Waals surface area contributed by atoms with Crippen LogP contribution in [0.5, 0.6) is 0 Å². The van der Waals surface area contributed by atoms with Gasteiger partial charge in [-0.25, -0.2) is 0 Å². The van der Waals surface area contributed by atoms with E-state index in [0.29, 0.717) is 35.4 Å². The predicted molar refractivity (Wildman–Crippen MR) is 118 cm³/mol. The Labute approximate surface area is 188 Å². The summed E-state index contributed by atoms with van der Waals surface area (Å²) >= 11 is 0. The molecule has 8 nitrogen and oxygen atoms in total. The molecule has 4 saturated heterocycles. The topological polar surface area (TPSA) is 91.0 Å². The molecule has 2 aromatic rings. The van der Waals surface area contributed by atoms with E-state index in [1.807, 2.05) is 35.8 Å². The van der Waals surface area contributed by atoms with Crippen LogP contribution in [0.1, 0.15) is 45.3 Å². The van der Waals surface area contributed by atoms with Crippen molar-refractivity contribution in [3.63, 3.8) is 0 Å². The van der Waals surface area contributed by atoms with Crippen LogP contribution < -0.4 is 10.6 Å². The number of fused-ring (bicyclic) bond motifs is 2. The minimum absolute atomic E-state index is 0.0402. The number of nitrogens with zero attached hydrogens (tertiary/aromatic N) is 2. The normalized spacial score (nSPS) is 28.4. The summed E-state index contributed by atoms with van der Waals surface area (Å²) in [6, 6.07) is 6.52. The number of nitrogens with one attached hydrogen (secondary N) is 2. The van der Waals surface area contributed by atoms with Gasteiger partial charge in [0, 0.05) is 62.2 Å². The molecule has 4 aliphatic rings. The van der Waals surface area contributed by atoms with Crippen LogP contribution in [0, 0.1) is 25.7 Å². The number of aryl methyl sites for hydroxylation is 2. The molecule has 0 radical (unpaired) electrons. The summed E-state index contributed by atoms with van der Waals surface area (Å²) in [5.41, 5.74) is 0.933. The van der Waals surface area contributed by atoms with Gasteiger partial charge >= 0.3 is 0 Å². The monoisotopic (exact) mass is 440 g/mol. The summed E-state index contributed by atoms with van der Waals surface area (Å²) < 4.78 is 10.6. The van der Waals surface area contributed by atoms with Gasteiger partial charge < -0.3 is 29.3 Å². The first-order chi connectivity index (χ1) is 15.5. The molecule has 0 bridgehead atoms. The molecular weight excluding hydrogens is 408 g/mol. The molecule has 0 aromatic carbocycles. The minimum Gasteiger partial charge on any atom is -0.459 e. The van der Waals surface area contributed by atoms with E-state index in [0.717, 1.165) is 63.4 Å². The lowest BCUT2D eigenvalue weighted by Crippen LogP contribution is -2.64. The highest BCUT2D eigenvalue weighted by Gasteiger charge is 2.44. The molecule has 2 amide bonds. The van der Waals surface area contributed by atoms with Gasteiger partial charge in [0.15, 0.2) is 11.5 Å². The highest BCUT2D eigenvalue weighted by molar-refractivity contribution is 5.93. The fraction of sp³-hybridized carbons (Fsp3) is 0.583. The van der Waals surface area contributed by atoms with E-state index in [4.69, 9.17) is 8.83 Å². The lowest BCUT2D eigenvalue weighted by atomic mass is 9.83. The summed E-state index contributed by atoms with van der Waals surface area (Å²) in [4.78, 5) is 28.1. The van der Waals surface area contributed by atoms with Crippen molar-refractivity contribution in [1.29, 1.82) is 0 Å². The minimum atomic E-state index is 0.0402. The number of amides is 2. The summed E-state index contributed by atoms with van der Waals surface area (Å²) in [6.07, 6.45) is 3.72. The maximum Gasteiger partial charge on any atom is 0.290 e. The zero-order chi connectivity index (χ0) is 22.2. The summed E-state index contributed by atoms with van der Waals surface area (Å²) in [5, 5.41) is 6.75.